The number of nitrogens with zero attached hydrogens (tertiary/aromatic N) is 4. The van der Waals surface area contributed by atoms with Gasteiger partial charge in [0.1, 0.15) is 11.4 Å². The standard InChI is InChI=1S/C25H31IN4O3/c1-15(2)30(7)23-20(26)13-18(14-27-23)24-28-22(29-33-24)19-10-8-17(12-16(19)3)9-11-21(31)32-25(4,5)6/h8,10,12-15H,9,11H2,1-7H3. The Labute approximate surface area is 209 Å². The van der Waals surface area contributed by atoms with Gasteiger partial charge in [0.15, 0.2) is 0 Å². The van der Waals surface area contributed by atoms with Crippen LogP contribution >= 0.6 is 22.6 Å². The van der Waals surface area contributed by atoms with E-state index in [0.717, 1.165) is 31.6 Å². The molecule has 0 radical (unpaired) electrons. The number of anilines is 1. The highest BCUT2D eigenvalue weighted by molar-refractivity contribution is 14.1. The van der Waals surface area contributed by atoms with Crippen LogP contribution in [0, 0.1) is 10.5 Å². The molecule has 2 heterocycles. The van der Waals surface area contributed by atoms with Crippen LogP contribution in [0.3, 0.4) is 0 Å². The Hall–Kier alpha value is -2.49. The fourth-order valence-corrected chi connectivity index (χ4v) is 4.13. The van der Waals surface area contributed by atoms with Crippen LogP contribution in [0.4, 0.5) is 5.82 Å². The summed E-state index contributed by atoms with van der Waals surface area (Å²) in [5.41, 5.74) is 3.29. The Balaban J connectivity index is 1.74. The summed E-state index contributed by atoms with van der Waals surface area (Å²) in [4.78, 5) is 23.3. The van der Waals surface area contributed by atoms with Gasteiger partial charge in [-0.3, -0.25) is 4.79 Å². The Bertz CT molecular complexity index is 1130. The van der Waals surface area contributed by atoms with Crippen LogP contribution in [0.15, 0.2) is 35.0 Å². The molecule has 33 heavy (non-hydrogen) atoms. The number of hydrogen-bond acceptors (Lipinski definition) is 7. The molecule has 0 aliphatic carbocycles. The molecule has 0 fully saturated rings. The van der Waals surface area contributed by atoms with Gasteiger partial charge in [0, 0.05) is 31.3 Å². The molecule has 3 aromatic rings. The van der Waals surface area contributed by atoms with Crippen molar-refractivity contribution in [3.63, 3.8) is 0 Å². The van der Waals surface area contributed by atoms with Gasteiger partial charge < -0.3 is 14.2 Å². The minimum atomic E-state index is -0.467. The summed E-state index contributed by atoms with van der Waals surface area (Å²) >= 11 is 2.28. The Kier molecular flexibility index (Phi) is 7.76. The molecule has 1 aromatic carbocycles. The number of benzene rings is 1. The van der Waals surface area contributed by atoms with Crippen LogP contribution in [0.5, 0.6) is 0 Å². The van der Waals surface area contributed by atoms with Gasteiger partial charge in [-0.15, -0.1) is 0 Å². The molecule has 0 N–H and O–H groups in total. The van der Waals surface area contributed by atoms with Gasteiger partial charge in [-0.25, -0.2) is 4.98 Å². The topological polar surface area (TPSA) is 81.3 Å². The molecular formula is C25H31IN4O3. The lowest BCUT2D eigenvalue weighted by Crippen LogP contribution is -2.27. The molecule has 0 aliphatic rings. The predicted octanol–water partition coefficient (Wildman–Crippen LogP) is 5.83. The zero-order valence-corrected chi connectivity index (χ0v) is 22.4. The zero-order chi connectivity index (χ0) is 24.3. The van der Waals surface area contributed by atoms with Crippen LogP contribution in [0.1, 0.15) is 52.2 Å². The number of aromatic nitrogens is 3. The quantitative estimate of drug-likeness (QED) is 0.265. The van der Waals surface area contributed by atoms with E-state index in [9.17, 15) is 4.79 Å². The maximum atomic E-state index is 12.0. The van der Waals surface area contributed by atoms with Crippen molar-refractivity contribution in [2.45, 2.75) is 66.0 Å². The molecule has 0 spiro atoms. The van der Waals surface area contributed by atoms with Crippen LogP contribution in [-0.2, 0) is 16.0 Å². The first kappa shape index (κ1) is 25.1. The summed E-state index contributed by atoms with van der Waals surface area (Å²) < 4.78 is 11.9. The smallest absolute Gasteiger partial charge is 0.306 e. The summed E-state index contributed by atoms with van der Waals surface area (Å²) in [6, 6.07) is 8.37. The number of rotatable bonds is 7. The highest BCUT2D eigenvalue weighted by Gasteiger charge is 2.18. The Morgan fingerprint density at radius 2 is 1.97 bits per heavy atom. The first-order valence-electron chi connectivity index (χ1n) is 11.0. The van der Waals surface area contributed by atoms with E-state index in [2.05, 4.69) is 62.5 Å². The van der Waals surface area contributed by atoms with Gasteiger partial charge in [-0.1, -0.05) is 23.4 Å². The lowest BCUT2D eigenvalue weighted by atomic mass is 10.0. The third-order valence-electron chi connectivity index (χ3n) is 5.17. The molecule has 176 valence electrons. The number of halogens is 1. The number of hydrogen-bond donors (Lipinski definition) is 0. The van der Waals surface area contributed by atoms with Crippen molar-refractivity contribution in [3.05, 3.63) is 45.2 Å². The van der Waals surface area contributed by atoms with Gasteiger partial charge in [0.2, 0.25) is 5.82 Å². The average Bonchev–Trinajstić information content (AvgIpc) is 3.20. The van der Waals surface area contributed by atoms with Crippen molar-refractivity contribution in [1.29, 1.82) is 0 Å². The summed E-state index contributed by atoms with van der Waals surface area (Å²) in [5.74, 6) is 1.69. The molecule has 2 aromatic heterocycles. The molecule has 0 aliphatic heterocycles. The minimum Gasteiger partial charge on any atom is -0.460 e. The van der Waals surface area contributed by atoms with E-state index in [0.29, 0.717) is 30.6 Å². The lowest BCUT2D eigenvalue weighted by molar-refractivity contribution is -0.154. The van der Waals surface area contributed by atoms with E-state index >= 15 is 0 Å². The summed E-state index contributed by atoms with van der Waals surface area (Å²) in [6.45, 7) is 11.9. The first-order valence-corrected chi connectivity index (χ1v) is 12.1. The van der Waals surface area contributed by atoms with Crippen molar-refractivity contribution in [3.8, 4) is 22.8 Å². The van der Waals surface area contributed by atoms with Gasteiger partial charge >= 0.3 is 5.97 Å². The van der Waals surface area contributed by atoms with E-state index in [-0.39, 0.29) is 5.97 Å². The summed E-state index contributed by atoms with van der Waals surface area (Å²) in [6.07, 6.45) is 2.73. The third-order valence-corrected chi connectivity index (χ3v) is 5.97. The summed E-state index contributed by atoms with van der Waals surface area (Å²) in [5, 5.41) is 4.18. The Morgan fingerprint density at radius 3 is 2.58 bits per heavy atom. The highest BCUT2D eigenvalue weighted by atomic mass is 127. The fourth-order valence-electron chi connectivity index (χ4n) is 3.27. The zero-order valence-electron chi connectivity index (χ0n) is 20.3. The van der Waals surface area contributed by atoms with Gasteiger partial charge in [-0.05, 0) is 87.7 Å². The first-order chi connectivity index (χ1) is 15.4. The molecule has 0 saturated heterocycles. The van der Waals surface area contributed by atoms with Crippen LogP contribution < -0.4 is 4.90 Å². The molecule has 0 saturated carbocycles. The van der Waals surface area contributed by atoms with Gasteiger partial charge in [-0.2, -0.15) is 4.98 Å². The van der Waals surface area contributed by atoms with Crippen LogP contribution in [0.2, 0.25) is 0 Å². The van der Waals surface area contributed by atoms with Crippen molar-refractivity contribution in [1.82, 2.24) is 15.1 Å². The number of pyridine rings is 1. The molecule has 0 amide bonds. The largest absolute Gasteiger partial charge is 0.460 e. The number of ether oxygens (including phenoxy) is 1. The molecule has 3 rings (SSSR count). The fraction of sp³-hybridized carbons (Fsp3) is 0.440. The van der Waals surface area contributed by atoms with E-state index in [1.165, 1.54) is 0 Å². The predicted molar refractivity (Wildman–Crippen MR) is 138 cm³/mol. The molecule has 0 atom stereocenters. The second-order valence-electron chi connectivity index (χ2n) is 9.39. The molecule has 0 unspecified atom stereocenters. The number of aryl methyl sites for hydroxylation is 2. The van der Waals surface area contributed by atoms with E-state index in [1.807, 2.05) is 52.9 Å². The minimum absolute atomic E-state index is 0.194. The summed E-state index contributed by atoms with van der Waals surface area (Å²) in [7, 11) is 2.03. The maximum Gasteiger partial charge on any atom is 0.306 e. The normalized spacial score (nSPS) is 11.7. The molecule has 7 nitrogen and oxygen atoms in total. The van der Waals surface area contributed by atoms with Gasteiger partial charge in [0.05, 0.1) is 9.13 Å². The van der Waals surface area contributed by atoms with Crippen molar-refractivity contribution in [2.75, 3.05) is 11.9 Å². The molecular weight excluding hydrogens is 531 g/mol. The number of esters is 1. The Morgan fingerprint density at radius 1 is 1.24 bits per heavy atom. The lowest BCUT2D eigenvalue weighted by Gasteiger charge is -2.23. The van der Waals surface area contributed by atoms with E-state index in [4.69, 9.17) is 9.26 Å². The van der Waals surface area contributed by atoms with Crippen LogP contribution in [0.25, 0.3) is 22.8 Å². The SMILES string of the molecule is Cc1cc(CCC(=O)OC(C)(C)C)ccc1-c1noc(-c2cnc(N(C)C(C)C)c(I)c2)n1. The van der Waals surface area contributed by atoms with Crippen molar-refractivity contribution < 1.29 is 14.1 Å². The highest BCUT2D eigenvalue weighted by Crippen LogP contribution is 2.29. The third kappa shape index (κ3) is 6.52. The average molecular weight is 562 g/mol. The monoisotopic (exact) mass is 562 g/mol. The number of carbonyl (C=O) groups is 1. The van der Waals surface area contributed by atoms with E-state index in [1.54, 1.807) is 6.20 Å². The second kappa shape index (κ2) is 10.2. The van der Waals surface area contributed by atoms with Crippen molar-refractivity contribution >= 4 is 34.4 Å². The number of carbonyl (C=O) groups excluding carboxylic acids is 1. The maximum absolute atomic E-state index is 12.0. The van der Waals surface area contributed by atoms with Crippen molar-refractivity contribution in [2.24, 2.45) is 0 Å². The van der Waals surface area contributed by atoms with E-state index < -0.39 is 5.60 Å². The second-order valence-corrected chi connectivity index (χ2v) is 10.6. The molecule has 8 heteroatoms. The molecule has 0 bridgehead atoms. The van der Waals surface area contributed by atoms with Gasteiger partial charge in [0.25, 0.3) is 5.89 Å². The van der Waals surface area contributed by atoms with Crippen LogP contribution in [-0.4, -0.2) is 39.8 Å².